The SMILES string of the molecule is C=CCSCCN1CC(C2CCCCC2)NCC1CC. The molecule has 0 spiro atoms. The summed E-state index contributed by atoms with van der Waals surface area (Å²) >= 11 is 2.02. The molecule has 2 fully saturated rings. The molecule has 2 nitrogen and oxygen atoms in total. The number of nitrogens with one attached hydrogen (secondary N) is 1. The largest absolute Gasteiger partial charge is 0.311 e. The average molecular weight is 297 g/mol. The molecule has 20 heavy (non-hydrogen) atoms. The molecular formula is C17H32N2S. The second kappa shape index (κ2) is 9.11. The van der Waals surface area contributed by atoms with Crippen molar-refractivity contribution in [2.45, 2.75) is 57.5 Å². The fourth-order valence-electron chi connectivity index (χ4n) is 3.76. The van der Waals surface area contributed by atoms with Crippen molar-refractivity contribution in [3.63, 3.8) is 0 Å². The molecule has 1 aliphatic heterocycles. The molecule has 0 amide bonds. The van der Waals surface area contributed by atoms with Gasteiger partial charge in [0.15, 0.2) is 0 Å². The second-order valence-electron chi connectivity index (χ2n) is 6.33. The Morgan fingerprint density at radius 1 is 1.30 bits per heavy atom. The van der Waals surface area contributed by atoms with E-state index in [4.69, 9.17) is 0 Å². The lowest BCUT2D eigenvalue weighted by atomic mass is 9.82. The molecule has 0 aromatic rings. The van der Waals surface area contributed by atoms with E-state index < -0.39 is 0 Å². The highest BCUT2D eigenvalue weighted by molar-refractivity contribution is 7.99. The predicted molar refractivity (Wildman–Crippen MR) is 91.5 cm³/mol. The summed E-state index contributed by atoms with van der Waals surface area (Å²) in [7, 11) is 0. The fraction of sp³-hybridized carbons (Fsp3) is 0.882. The van der Waals surface area contributed by atoms with Gasteiger partial charge in [0.2, 0.25) is 0 Å². The van der Waals surface area contributed by atoms with Crippen LogP contribution in [0.1, 0.15) is 45.4 Å². The van der Waals surface area contributed by atoms with E-state index in [0.29, 0.717) is 0 Å². The Bertz CT molecular complexity index is 276. The number of hydrogen-bond donors (Lipinski definition) is 1. The van der Waals surface area contributed by atoms with Crippen LogP contribution in [0.15, 0.2) is 12.7 Å². The highest BCUT2D eigenvalue weighted by Crippen LogP contribution is 2.28. The van der Waals surface area contributed by atoms with Gasteiger partial charge in [-0.15, -0.1) is 6.58 Å². The fourth-order valence-corrected chi connectivity index (χ4v) is 4.46. The lowest BCUT2D eigenvalue weighted by Crippen LogP contribution is -2.59. The van der Waals surface area contributed by atoms with Crippen LogP contribution in [0.3, 0.4) is 0 Å². The second-order valence-corrected chi connectivity index (χ2v) is 7.48. The number of hydrogen-bond acceptors (Lipinski definition) is 3. The minimum atomic E-state index is 0.749. The van der Waals surface area contributed by atoms with Crippen LogP contribution in [0, 0.1) is 5.92 Å². The van der Waals surface area contributed by atoms with Gasteiger partial charge < -0.3 is 5.32 Å². The van der Waals surface area contributed by atoms with E-state index in [1.807, 2.05) is 17.8 Å². The molecule has 1 heterocycles. The molecule has 116 valence electrons. The van der Waals surface area contributed by atoms with Crippen LogP contribution < -0.4 is 5.32 Å². The first-order chi connectivity index (χ1) is 9.85. The maximum absolute atomic E-state index is 3.86. The molecule has 1 saturated heterocycles. The van der Waals surface area contributed by atoms with Gasteiger partial charge in [0, 0.05) is 43.2 Å². The maximum Gasteiger partial charge on any atom is 0.0224 e. The predicted octanol–water partition coefficient (Wildman–Crippen LogP) is 3.54. The summed E-state index contributed by atoms with van der Waals surface area (Å²) in [6.45, 7) is 9.86. The van der Waals surface area contributed by atoms with E-state index in [9.17, 15) is 0 Å². The Hall–Kier alpha value is 0.01000. The smallest absolute Gasteiger partial charge is 0.0224 e. The number of thioether (sulfide) groups is 1. The van der Waals surface area contributed by atoms with Crippen LogP contribution in [0.25, 0.3) is 0 Å². The molecule has 3 heteroatoms. The zero-order valence-corrected chi connectivity index (χ0v) is 14.0. The molecule has 2 unspecified atom stereocenters. The number of piperazine rings is 1. The van der Waals surface area contributed by atoms with Gasteiger partial charge in [-0.2, -0.15) is 11.8 Å². The van der Waals surface area contributed by atoms with E-state index >= 15 is 0 Å². The monoisotopic (exact) mass is 296 g/mol. The highest BCUT2D eigenvalue weighted by atomic mass is 32.2. The van der Waals surface area contributed by atoms with Gasteiger partial charge in [-0.25, -0.2) is 0 Å². The van der Waals surface area contributed by atoms with Crippen molar-refractivity contribution in [2.24, 2.45) is 5.92 Å². The third kappa shape index (κ3) is 4.78. The first-order valence-electron chi connectivity index (χ1n) is 8.51. The van der Waals surface area contributed by atoms with Crippen molar-refractivity contribution in [1.82, 2.24) is 10.2 Å². The summed E-state index contributed by atoms with van der Waals surface area (Å²) in [6, 6.07) is 1.50. The first kappa shape index (κ1) is 16.4. The molecule has 1 N–H and O–H groups in total. The van der Waals surface area contributed by atoms with E-state index in [1.165, 1.54) is 63.9 Å². The van der Waals surface area contributed by atoms with E-state index in [1.54, 1.807) is 0 Å². The van der Waals surface area contributed by atoms with Crippen molar-refractivity contribution >= 4 is 11.8 Å². The quantitative estimate of drug-likeness (QED) is 0.571. The number of rotatable bonds is 7. The Balaban J connectivity index is 1.80. The zero-order valence-electron chi connectivity index (χ0n) is 13.2. The Labute approximate surface area is 129 Å². The van der Waals surface area contributed by atoms with Crippen LogP contribution in [-0.2, 0) is 0 Å². The van der Waals surface area contributed by atoms with Crippen LogP contribution >= 0.6 is 11.8 Å². The minimum absolute atomic E-state index is 0.749. The molecule has 0 aromatic carbocycles. The van der Waals surface area contributed by atoms with Gasteiger partial charge in [0.05, 0.1) is 0 Å². The molecule has 0 aromatic heterocycles. The van der Waals surface area contributed by atoms with Crippen molar-refractivity contribution in [3.05, 3.63) is 12.7 Å². The van der Waals surface area contributed by atoms with Crippen molar-refractivity contribution in [2.75, 3.05) is 31.1 Å². The Kier molecular flexibility index (Phi) is 7.47. The van der Waals surface area contributed by atoms with Crippen molar-refractivity contribution < 1.29 is 0 Å². The van der Waals surface area contributed by atoms with Crippen LogP contribution in [0.2, 0.25) is 0 Å². The van der Waals surface area contributed by atoms with E-state index in [2.05, 4.69) is 23.7 Å². The van der Waals surface area contributed by atoms with Crippen LogP contribution in [0.4, 0.5) is 0 Å². The van der Waals surface area contributed by atoms with Gasteiger partial charge >= 0.3 is 0 Å². The van der Waals surface area contributed by atoms with Crippen molar-refractivity contribution in [3.8, 4) is 0 Å². The third-order valence-corrected chi connectivity index (χ3v) is 5.95. The highest BCUT2D eigenvalue weighted by Gasteiger charge is 2.31. The van der Waals surface area contributed by atoms with Gasteiger partial charge in [0.25, 0.3) is 0 Å². The zero-order chi connectivity index (χ0) is 14.2. The molecular weight excluding hydrogens is 264 g/mol. The van der Waals surface area contributed by atoms with Crippen LogP contribution in [0.5, 0.6) is 0 Å². The van der Waals surface area contributed by atoms with Crippen molar-refractivity contribution in [1.29, 1.82) is 0 Å². The molecule has 1 aliphatic carbocycles. The summed E-state index contributed by atoms with van der Waals surface area (Å²) in [4.78, 5) is 2.76. The molecule has 0 radical (unpaired) electrons. The normalized spacial score (nSPS) is 29.4. The van der Waals surface area contributed by atoms with Gasteiger partial charge in [-0.1, -0.05) is 32.3 Å². The Morgan fingerprint density at radius 2 is 2.10 bits per heavy atom. The van der Waals surface area contributed by atoms with Gasteiger partial charge in [0.1, 0.15) is 0 Å². The molecule has 2 rings (SSSR count). The summed E-state index contributed by atoms with van der Waals surface area (Å²) in [5, 5.41) is 3.86. The summed E-state index contributed by atoms with van der Waals surface area (Å²) < 4.78 is 0. The molecule has 1 saturated carbocycles. The summed E-state index contributed by atoms with van der Waals surface area (Å²) in [6.07, 6.45) is 10.6. The third-order valence-electron chi connectivity index (χ3n) is 5.01. The molecule has 2 aliphatic rings. The Morgan fingerprint density at radius 3 is 2.80 bits per heavy atom. The topological polar surface area (TPSA) is 15.3 Å². The van der Waals surface area contributed by atoms with E-state index in [-0.39, 0.29) is 0 Å². The first-order valence-corrected chi connectivity index (χ1v) is 9.66. The average Bonchev–Trinajstić information content (AvgIpc) is 2.52. The van der Waals surface area contributed by atoms with E-state index in [0.717, 1.165) is 23.8 Å². The lowest BCUT2D eigenvalue weighted by molar-refractivity contribution is 0.0997. The minimum Gasteiger partial charge on any atom is -0.311 e. The standard InChI is InChI=1S/C17H32N2S/c1-3-11-20-12-10-19-14-17(18-13-16(19)4-2)15-8-6-5-7-9-15/h3,15-18H,1,4-14H2,2H3. The van der Waals surface area contributed by atoms with Gasteiger partial charge in [-0.05, 0) is 25.2 Å². The molecule has 2 atom stereocenters. The summed E-state index contributed by atoms with van der Waals surface area (Å²) in [5.41, 5.74) is 0. The van der Waals surface area contributed by atoms with Gasteiger partial charge in [-0.3, -0.25) is 4.90 Å². The lowest BCUT2D eigenvalue weighted by Gasteiger charge is -2.43. The summed E-state index contributed by atoms with van der Waals surface area (Å²) in [5.74, 6) is 3.28. The molecule has 0 bridgehead atoms. The maximum atomic E-state index is 3.86. The number of nitrogens with zero attached hydrogens (tertiary/aromatic N) is 1. The van der Waals surface area contributed by atoms with Crippen LogP contribution in [-0.4, -0.2) is 48.1 Å².